The zero-order chi connectivity index (χ0) is 26.5. The molecule has 3 rings (SSSR count). The Morgan fingerprint density at radius 2 is 1.86 bits per heavy atom. The predicted octanol–water partition coefficient (Wildman–Crippen LogP) is 4.18. The van der Waals surface area contributed by atoms with Crippen LogP contribution in [0.3, 0.4) is 0 Å². The van der Waals surface area contributed by atoms with Gasteiger partial charge in [0.1, 0.15) is 6.10 Å². The molecule has 0 bridgehead atoms. The van der Waals surface area contributed by atoms with Crippen LogP contribution in [0.2, 0.25) is 0 Å². The highest BCUT2D eigenvalue weighted by Crippen LogP contribution is 2.43. The van der Waals surface area contributed by atoms with E-state index in [-0.39, 0.29) is 60.0 Å². The van der Waals surface area contributed by atoms with E-state index in [1.165, 1.54) is 13.0 Å². The Hall–Kier alpha value is -2.29. The van der Waals surface area contributed by atoms with Crippen molar-refractivity contribution in [2.45, 2.75) is 103 Å². The molecule has 0 aromatic carbocycles. The van der Waals surface area contributed by atoms with E-state index in [0.29, 0.717) is 13.0 Å². The number of carbonyl (C=O) groups is 3. The number of hydrogen-bond donors (Lipinski definition) is 1. The van der Waals surface area contributed by atoms with Crippen molar-refractivity contribution in [3.05, 3.63) is 36.0 Å². The lowest BCUT2D eigenvalue weighted by molar-refractivity contribution is -0.144. The molecule has 3 heterocycles. The molecule has 0 aromatic heterocycles. The normalized spacial score (nSPS) is 35.8. The van der Waals surface area contributed by atoms with Crippen LogP contribution in [0.1, 0.15) is 66.7 Å². The van der Waals surface area contributed by atoms with Gasteiger partial charge in [0.25, 0.3) is 0 Å². The first kappa shape index (κ1) is 28.3. The van der Waals surface area contributed by atoms with Crippen LogP contribution in [-0.4, -0.2) is 65.6 Å². The number of carboxylic acids is 1. The van der Waals surface area contributed by atoms with Gasteiger partial charge >= 0.3 is 11.9 Å². The lowest BCUT2D eigenvalue weighted by Gasteiger charge is -2.38. The SMILES string of the molecule is CC(=O)O[C@@H](C)/C=C\C(=O)[C@@H]1C[C@H](C)[C@H](C/C=C(C)/C=C/[C@@H]2C[C@]3(CO3)C[C@@H](CC(=O)O)O2)O[C@@H]1C. The average Bonchev–Trinajstić information content (AvgIpc) is 3.52. The molecule has 8 atom stereocenters. The number of carbonyl (C=O) groups excluding carboxylic acids is 2. The summed E-state index contributed by atoms with van der Waals surface area (Å²) in [4.78, 5) is 34.9. The van der Waals surface area contributed by atoms with E-state index in [0.717, 1.165) is 24.8 Å². The Morgan fingerprint density at radius 3 is 2.50 bits per heavy atom. The van der Waals surface area contributed by atoms with Crippen molar-refractivity contribution in [2.24, 2.45) is 11.8 Å². The van der Waals surface area contributed by atoms with Crippen LogP contribution in [0.5, 0.6) is 0 Å². The molecular weight excluding hydrogens is 464 g/mol. The van der Waals surface area contributed by atoms with Crippen molar-refractivity contribution in [3.8, 4) is 0 Å². The van der Waals surface area contributed by atoms with E-state index >= 15 is 0 Å². The number of esters is 1. The fraction of sp³-hybridized carbons (Fsp3) is 0.679. The van der Waals surface area contributed by atoms with Gasteiger partial charge in [-0.05, 0) is 51.7 Å². The summed E-state index contributed by atoms with van der Waals surface area (Å²) in [6.45, 7) is 9.80. The third-order valence-corrected chi connectivity index (χ3v) is 7.21. The summed E-state index contributed by atoms with van der Waals surface area (Å²) in [6.07, 6.45) is 11.0. The van der Waals surface area contributed by atoms with Crippen LogP contribution < -0.4 is 0 Å². The van der Waals surface area contributed by atoms with Crippen molar-refractivity contribution < 1.29 is 38.4 Å². The summed E-state index contributed by atoms with van der Waals surface area (Å²) in [5.74, 6) is -1.25. The molecule has 0 radical (unpaired) electrons. The summed E-state index contributed by atoms with van der Waals surface area (Å²) >= 11 is 0. The van der Waals surface area contributed by atoms with Gasteiger partial charge in [-0.3, -0.25) is 14.4 Å². The minimum absolute atomic E-state index is 0.00689. The molecule has 8 heteroatoms. The molecule has 36 heavy (non-hydrogen) atoms. The Balaban J connectivity index is 1.50. The monoisotopic (exact) mass is 504 g/mol. The maximum atomic E-state index is 12.7. The van der Waals surface area contributed by atoms with Crippen molar-refractivity contribution in [1.82, 2.24) is 0 Å². The number of carboxylic acid groups (broad SMARTS) is 1. The Morgan fingerprint density at radius 1 is 1.14 bits per heavy atom. The second kappa shape index (κ2) is 12.3. The third-order valence-electron chi connectivity index (χ3n) is 7.21. The summed E-state index contributed by atoms with van der Waals surface area (Å²) < 4.78 is 22.9. The van der Waals surface area contributed by atoms with Crippen LogP contribution in [0, 0.1) is 11.8 Å². The van der Waals surface area contributed by atoms with Crippen LogP contribution in [0.4, 0.5) is 0 Å². The molecule has 3 aliphatic heterocycles. The van der Waals surface area contributed by atoms with Crippen molar-refractivity contribution in [2.75, 3.05) is 6.61 Å². The van der Waals surface area contributed by atoms with E-state index in [2.05, 4.69) is 13.0 Å². The Kier molecular flexibility index (Phi) is 9.66. The first-order valence-corrected chi connectivity index (χ1v) is 12.9. The van der Waals surface area contributed by atoms with Crippen molar-refractivity contribution in [1.29, 1.82) is 0 Å². The second-order valence-electron chi connectivity index (χ2n) is 10.6. The van der Waals surface area contributed by atoms with Crippen molar-refractivity contribution in [3.63, 3.8) is 0 Å². The standard InChI is InChI=1S/C28H40O8/c1-17(6-9-22-14-28(16-33-28)15-23(36-22)13-27(31)32)7-11-26-18(2)12-24(20(4)35-26)25(30)10-8-19(3)34-21(5)29/h6-10,18-20,22-24,26H,11-16H2,1-5H3,(H,31,32)/b9-6+,10-8-,17-7+/t18-,19-,20+,22+,23+,24+,26-,28+/m0/s1. The zero-order valence-corrected chi connectivity index (χ0v) is 22.0. The molecule has 0 unspecified atom stereocenters. The van der Waals surface area contributed by atoms with E-state index in [4.69, 9.17) is 24.1 Å². The average molecular weight is 505 g/mol. The largest absolute Gasteiger partial charge is 0.481 e. The molecule has 3 saturated heterocycles. The number of ether oxygens (including phenoxy) is 4. The van der Waals surface area contributed by atoms with Gasteiger partial charge in [0.15, 0.2) is 5.78 Å². The molecule has 1 spiro atoms. The number of ketones is 1. The molecular formula is C28H40O8. The highest BCUT2D eigenvalue weighted by Gasteiger charge is 2.51. The highest BCUT2D eigenvalue weighted by atomic mass is 16.6. The summed E-state index contributed by atoms with van der Waals surface area (Å²) in [5, 5.41) is 9.12. The van der Waals surface area contributed by atoms with Crippen LogP contribution in [0.15, 0.2) is 36.0 Å². The van der Waals surface area contributed by atoms with E-state index < -0.39 is 12.1 Å². The summed E-state index contributed by atoms with van der Waals surface area (Å²) in [5.41, 5.74) is 0.863. The molecule has 8 nitrogen and oxygen atoms in total. The van der Waals surface area contributed by atoms with Gasteiger partial charge < -0.3 is 24.1 Å². The molecule has 200 valence electrons. The van der Waals surface area contributed by atoms with Gasteiger partial charge in [0.2, 0.25) is 0 Å². The number of rotatable bonds is 10. The molecule has 0 aromatic rings. The molecule has 0 amide bonds. The first-order chi connectivity index (χ1) is 17.0. The minimum Gasteiger partial charge on any atom is -0.481 e. The van der Waals surface area contributed by atoms with Gasteiger partial charge in [0, 0.05) is 25.7 Å². The van der Waals surface area contributed by atoms with E-state index in [1.807, 2.05) is 26.0 Å². The molecule has 1 N–H and O–H groups in total. The topological polar surface area (TPSA) is 112 Å². The lowest BCUT2D eigenvalue weighted by atomic mass is 9.81. The molecule has 3 aliphatic rings. The van der Waals surface area contributed by atoms with Gasteiger partial charge in [-0.1, -0.05) is 30.7 Å². The number of hydrogen-bond acceptors (Lipinski definition) is 7. The fourth-order valence-corrected chi connectivity index (χ4v) is 5.14. The van der Waals surface area contributed by atoms with Gasteiger partial charge in [-0.15, -0.1) is 0 Å². The van der Waals surface area contributed by atoms with Crippen LogP contribution >= 0.6 is 0 Å². The maximum absolute atomic E-state index is 12.7. The first-order valence-electron chi connectivity index (χ1n) is 12.9. The number of epoxide rings is 1. The van der Waals surface area contributed by atoms with Gasteiger partial charge in [-0.25, -0.2) is 0 Å². The quantitative estimate of drug-likeness (QED) is 0.204. The van der Waals surface area contributed by atoms with E-state index in [1.54, 1.807) is 13.0 Å². The highest BCUT2D eigenvalue weighted by molar-refractivity contribution is 5.92. The molecule has 0 aliphatic carbocycles. The molecule has 0 saturated carbocycles. The minimum atomic E-state index is -0.858. The zero-order valence-electron chi connectivity index (χ0n) is 22.0. The van der Waals surface area contributed by atoms with E-state index in [9.17, 15) is 14.4 Å². The fourth-order valence-electron chi connectivity index (χ4n) is 5.14. The third kappa shape index (κ3) is 8.39. The van der Waals surface area contributed by atoms with Gasteiger partial charge in [-0.2, -0.15) is 0 Å². The maximum Gasteiger partial charge on any atom is 0.305 e. The Bertz CT molecular complexity index is 899. The lowest BCUT2D eigenvalue weighted by Crippen LogP contribution is -2.41. The van der Waals surface area contributed by atoms with Crippen LogP contribution in [0.25, 0.3) is 0 Å². The van der Waals surface area contributed by atoms with Crippen molar-refractivity contribution >= 4 is 17.7 Å². The Labute approximate surface area is 213 Å². The number of allylic oxidation sites excluding steroid dienone is 3. The summed E-state index contributed by atoms with van der Waals surface area (Å²) in [6, 6.07) is 0. The molecule has 3 fully saturated rings. The predicted molar refractivity (Wildman–Crippen MR) is 133 cm³/mol. The smallest absolute Gasteiger partial charge is 0.305 e. The second-order valence-corrected chi connectivity index (χ2v) is 10.6. The summed E-state index contributed by atoms with van der Waals surface area (Å²) in [7, 11) is 0. The van der Waals surface area contributed by atoms with Crippen LogP contribution in [-0.2, 0) is 33.3 Å². The number of aliphatic carboxylic acids is 1. The van der Waals surface area contributed by atoms with Gasteiger partial charge in [0.05, 0.1) is 43.0 Å².